The number of pyridine rings is 1. The third-order valence-corrected chi connectivity index (χ3v) is 3.43. The minimum Gasteiger partial charge on any atom is -0.486 e. The molecule has 0 unspecified atom stereocenters. The lowest BCUT2D eigenvalue weighted by atomic mass is 10.2. The van der Waals surface area contributed by atoms with Gasteiger partial charge in [0.2, 0.25) is 0 Å². The van der Waals surface area contributed by atoms with Gasteiger partial charge < -0.3 is 14.8 Å². The first kappa shape index (κ1) is 12.9. The molecule has 6 heteroatoms. The quantitative estimate of drug-likeness (QED) is 0.917. The lowest BCUT2D eigenvalue weighted by molar-refractivity contribution is 0.102. The van der Waals surface area contributed by atoms with Crippen LogP contribution in [0.2, 0.25) is 0 Å². The molecule has 0 atom stereocenters. The highest BCUT2D eigenvalue weighted by Crippen LogP contribution is 2.38. The lowest BCUT2D eigenvalue weighted by Gasteiger charge is -2.20. The molecule has 0 radical (unpaired) electrons. The van der Waals surface area contributed by atoms with Crippen molar-refractivity contribution in [3.63, 3.8) is 0 Å². The number of anilines is 1. The molecule has 1 aromatic carbocycles. The van der Waals surface area contributed by atoms with Crippen molar-refractivity contribution in [3.05, 3.63) is 46.7 Å². The predicted molar refractivity (Wildman–Crippen MR) is 77.3 cm³/mol. The monoisotopic (exact) mass is 334 g/mol. The zero-order valence-electron chi connectivity index (χ0n) is 10.4. The molecule has 2 aromatic rings. The smallest absolute Gasteiger partial charge is 0.274 e. The number of fused-ring (bicyclic) bond motifs is 1. The molecule has 0 aliphatic carbocycles. The normalized spacial score (nSPS) is 12.8. The van der Waals surface area contributed by atoms with Crippen molar-refractivity contribution in [2.75, 3.05) is 18.5 Å². The molecule has 102 valence electrons. The number of aromatic nitrogens is 1. The van der Waals surface area contributed by atoms with Gasteiger partial charge in [0.25, 0.3) is 5.91 Å². The van der Waals surface area contributed by atoms with Crippen LogP contribution >= 0.6 is 15.9 Å². The van der Waals surface area contributed by atoms with Crippen molar-refractivity contribution >= 4 is 27.5 Å². The molecule has 1 N–H and O–H groups in total. The van der Waals surface area contributed by atoms with Gasteiger partial charge >= 0.3 is 0 Å². The topological polar surface area (TPSA) is 60.5 Å². The number of halogens is 1. The standard InChI is InChI=1S/C14H11BrN2O3/c15-9-7-12-13(20-6-5-19-12)8-11(9)17-14(18)10-3-1-2-4-16-10/h1-4,7-8H,5-6H2,(H,17,18). The van der Waals surface area contributed by atoms with Gasteiger partial charge in [-0.1, -0.05) is 6.07 Å². The number of nitrogens with zero attached hydrogens (tertiary/aromatic N) is 1. The summed E-state index contributed by atoms with van der Waals surface area (Å²) in [5.41, 5.74) is 0.971. The Kier molecular flexibility index (Phi) is 3.56. The number of amides is 1. The van der Waals surface area contributed by atoms with Crippen LogP contribution in [0, 0.1) is 0 Å². The van der Waals surface area contributed by atoms with Gasteiger partial charge in [0, 0.05) is 22.8 Å². The predicted octanol–water partition coefficient (Wildman–Crippen LogP) is 2.87. The Bertz CT molecular complexity index is 646. The minimum atomic E-state index is -0.275. The molecule has 0 bridgehead atoms. The van der Waals surface area contributed by atoms with Crippen molar-refractivity contribution in [3.8, 4) is 11.5 Å². The molecule has 0 fully saturated rings. The summed E-state index contributed by atoms with van der Waals surface area (Å²) in [6.45, 7) is 1.03. The lowest BCUT2D eigenvalue weighted by Crippen LogP contribution is -2.17. The summed E-state index contributed by atoms with van der Waals surface area (Å²) >= 11 is 3.41. The first-order valence-electron chi connectivity index (χ1n) is 6.05. The van der Waals surface area contributed by atoms with E-state index in [0.717, 1.165) is 4.47 Å². The van der Waals surface area contributed by atoms with Gasteiger partial charge in [-0.3, -0.25) is 9.78 Å². The van der Waals surface area contributed by atoms with Crippen LogP contribution in [0.15, 0.2) is 41.0 Å². The van der Waals surface area contributed by atoms with Crippen LogP contribution in [-0.2, 0) is 0 Å². The highest BCUT2D eigenvalue weighted by atomic mass is 79.9. The molecule has 0 spiro atoms. The molecule has 0 saturated heterocycles. The van der Waals surface area contributed by atoms with Gasteiger partial charge in [-0.2, -0.15) is 0 Å². The van der Waals surface area contributed by atoms with E-state index in [1.807, 2.05) is 0 Å². The fourth-order valence-corrected chi connectivity index (χ4v) is 2.26. The molecule has 1 amide bonds. The van der Waals surface area contributed by atoms with Gasteiger partial charge in [0.15, 0.2) is 11.5 Å². The average molecular weight is 335 g/mol. The fraction of sp³-hybridized carbons (Fsp3) is 0.143. The maximum Gasteiger partial charge on any atom is 0.274 e. The number of hydrogen-bond donors (Lipinski definition) is 1. The fourth-order valence-electron chi connectivity index (χ4n) is 1.84. The maximum absolute atomic E-state index is 12.1. The van der Waals surface area contributed by atoms with E-state index in [1.54, 1.807) is 36.5 Å². The van der Waals surface area contributed by atoms with Gasteiger partial charge in [0.05, 0.1) is 5.69 Å². The van der Waals surface area contributed by atoms with E-state index in [0.29, 0.717) is 36.1 Å². The first-order valence-corrected chi connectivity index (χ1v) is 6.85. The van der Waals surface area contributed by atoms with E-state index in [1.165, 1.54) is 0 Å². The Labute approximate surface area is 124 Å². The summed E-state index contributed by atoms with van der Waals surface area (Å²) in [5.74, 6) is 1.01. The molecular weight excluding hydrogens is 324 g/mol. The van der Waals surface area contributed by atoms with Crippen molar-refractivity contribution in [1.29, 1.82) is 0 Å². The highest BCUT2D eigenvalue weighted by Gasteiger charge is 2.16. The molecule has 2 heterocycles. The molecule has 5 nitrogen and oxygen atoms in total. The van der Waals surface area contributed by atoms with Gasteiger partial charge in [-0.05, 0) is 28.1 Å². The van der Waals surface area contributed by atoms with Crippen molar-refractivity contribution < 1.29 is 14.3 Å². The van der Waals surface area contributed by atoms with Crippen molar-refractivity contribution in [2.24, 2.45) is 0 Å². The third-order valence-electron chi connectivity index (χ3n) is 2.78. The molecular formula is C14H11BrN2O3. The Morgan fingerprint density at radius 2 is 1.95 bits per heavy atom. The number of hydrogen-bond acceptors (Lipinski definition) is 4. The largest absolute Gasteiger partial charge is 0.486 e. The van der Waals surface area contributed by atoms with E-state index in [2.05, 4.69) is 26.2 Å². The Morgan fingerprint density at radius 1 is 1.20 bits per heavy atom. The van der Waals surface area contributed by atoms with Crippen molar-refractivity contribution in [1.82, 2.24) is 4.98 Å². The molecule has 1 aliphatic heterocycles. The molecule has 1 aromatic heterocycles. The number of ether oxygens (including phenoxy) is 2. The summed E-state index contributed by atoms with van der Waals surface area (Å²) in [6, 6.07) is 8.70. The van der Waals surface area contributed by atoms with Crippen LogP contribution in [0.25, 0.3) is 0 Å². The molecule has 20 heavy (non-hydrogen) atoms. The van der Waals surface area contributed by atoms with Gasteiger partial charge in [-0.15, -0.1) is 0 Å². The summed E-state index contributed by atoms with van der Waals surface area (Å²) in [5, 5.41) is 2.79. The second-order valence-corrected chi connectivity index (χ2v) is 5.00. The minimum absolute atomic E-state index is 0.275. The van der Waals surface area contributed by atoms with Gasteiger partial charge in [-0.25, -0.2) is 0 Å². The second kappa shape index (κ2) is 5.50. The number of carbonyl (C=O) groups excluding carboxylic acids is 1. The van der Waals surface area contributed by atoms with Crippen LogP contribution in [-0.4, -0.2) is 24.1 Å². The van der Waals surface area contributed by atoms with Gasteiger partial charge in [0.1, 0.15) is 18.9 Å². The SMILES string of the molecule is O=C(Nc1cc2c(cc1Br)OCCO2)c1ccccn1. The molecule has 0 saturated carbocycles. The first-order chi connectivity index (χ1) is 9.74. The highest BCUT2D eigenvalue weighted by molar-refractivity contribution is 9.10. The summed E-state index contributed by atoms with van der Waals surface area (Å²) in [6.07, 6.45) is 1.58. The number of benzene rings is 1. The number of nitrogens with one attached hydrogen (secondary N) is 1. The zero-order chi connectivity index (χ0) is 13.9. The van der Waals surface area contributed by atoms with E-state index >= 15 is 0 Å². The Morgan fingerprint density at radius 3 is 2.65 bits per heavy atom. The Hall–Kier alpha value is -2.08. The third kappa shape index (κ3) is 2.60. The molecule has 3 rings (SSSR count). The van der Waals surface area contributed by atoms with E-state index in [9.17, 15) is 4.79 Å². The summed E-state index contributed by atoms with van der Waals surface area (Å²) in [4.78, 5) is 16.1. The van der Waals surface area contributed by atoms with Crippen LogP contribution in [0.4, 0.5) is 5.69 Å². The van der Waals surface area contributed by atoms with E-state index < -0.39 is 0 Å². The number of carbonyl (C=O) groups is 1. The van der Waals surface area contributed by atoms with Crippen LogP contribution in [0.1, 0.15) is 10.5 Å². The van der Waals surface area contributed by atoms with Crippen LogP contribution in [0.5, 0.6) is 11.5 Å². The van der Waals surface area contributed by atoms with Crippen molar-refractivity contribution in [2.45, 2.75) is 0 Å². The average Bonchev–Trinajstić information content (AvgIpc) is 2.49. The van der Waals surface area contributed by atoms with E-state index in [4.69, 9.17) is 9.47 Å². The van der Waals surface area contributed by atoms with Crippen LogP contribution < -0.4 is 14.8 Å². The van der Waals surface area contributed by atoms with Crippen LogP contribution in [0.3, 0.4) is 0 Å². The number of rotatable bonds is 2. The maximum atomic E-state index is 12.1. The summed E-state index contributed by atoms with van der Waals surface area (Å²) in [7, 11) is 0. The van der Waals surface area contributed by atoms with E-state index in [-0.39, 0.29) is 5.91 Å². The Balaban J connectivity index is 1.86. The zero-order valence-corrected chi connectivity index (χ0v) is 12.0. The summed E-state index contributed by atoms with van der Waals surface area (Å²) < 4.78 is 11.7. The molecule has 1 aliphatic rings. The second-order valence-electron chi connectivity index (χ2n) is 4.14.